The highest BCUT2D eigenvalue weighted by Gasteiger charge is 2.24. The van der Waals surface area contributed by atoms with E-state index in [0.29, 0.717) is 24.6 Å². The molecule has 0 rings (SSSR count). The van der Waals surface area contributed by atoms with Crippen LogP contribution in [0.3, 0.4) is 0 Å². The lowest BCUT2D eigenvalue weighted by molar-refractivity contribution is 0.157. The molecule has 0 unspecified atom stereocenters. The topological polar surface area (TPSA) is 139 Å². The Morgan fingerprint density at radius 2 is 1.00 bits per heavy atom. The van der Waals surface area contributed by atoms with Crippen LogP contribution < -0.4 is 9.44 Å². The molecule has 30 heavy (non-hydrogen) atoms. The molecule has 10 nitrogen and oxygen atoms in total. The van der Waals surface area contributed by atoms with Crippen molar-refractivity contribution >= 4 is 47.9 Å². The minimum atomic E-state index is -2.53. The third-order valence-electron chi connectivity index (χ3n) is 4.48. The van der Waals surface area contributed by atoms with Crippen molar-refractivity contribution in [2.75, 3.05) is 64.0 Å². The van der Waals surface area contributed by atoms with Crippen LogP contribution in [0, 0.1) is 0 Å². The summed E-state index contributed by atoms with van der Waals surface area (Å²) in [5.74, 6) is 0. The maximum absolute atomic E-state index is 12.4. The smallest absolute Gasteiger partial charge is 0.327 e. The highest BCUT2D eigenvalue weighted by atomic mass is 32.7. The molecule has 178 valence electrons. The summed E-state index contributed by atoms with van der Waals surface area (Å²) in [5.41, 5.74) is 0. The first kappa shape index (κ1) is 29.6. The molecule has 0 aliphatic carbocycles. The number of aliphatic hydroxyl groups excluding tert-OH is 2. The second-order valence-corrected chi connectivity index (χ2v) is 18.0. The van der Waals surface area contributed by atoms with Crippen molar-refractivity contribution in [3.63, 3.8) is 0 Å². The van der Waals surface area contributed by atoms with E-state index in [1.807, 2.05) is 0 Å². The Labute approximate surface area is 187 Å². The summed E-state index contributed by atoms with van der Waals surface area (Å²) in [5, 5.41) is 18.5. The van der Waals surface area contributed by atoms with E-state index in [9.17, 15) is 28.9 Å². The Hall–Kier alpha value is -0.380. The molecule has 14 heteroatoms. The fourth-order valence-electron chi connectivity index (χ4n) is 2.19. The molecule has 0 atom stereocenters. The minimum absolute atomic E-state index is 0.0408. The molecule has 0 spiro atoms. The van der Waals surface area contributed by atoms with Gasteiger partial charge in [-0.15, -0.1) is 0 Å². The molecule has 0 aromatic heterocycles. The number of hydrogen-bond donors (Lipinski definition) is 4. The van der Waals surface area contributed by atoms with Gasteiger partial charge >= 0.3 is 12.1 Å². The molecule has 0 saturated carbocycles. The number of aliphatic hydroxyl groups is 2. The van der Waals surface area contributed by atoms with E-state index in [2.05, 4.69) is 9.44 Å². The van der Waals surface area contributed by atoms with Gasteiger partial charge in [-0.3, -0.25) is 9.44 Å². The summed E-state index contributed by atoms with van der Waals surface area (Å²) >= 11 is 1.84. The van der Waals surface area contributed by atoms with E-state index in [4.69, 9.17) is 0 Å². The second kappa shape index (κ2) is 15.4. The maximum Gasteiger partial charge on any atom is 0.327 e. The predicted molar refractivity (Wildman–Crippen MR) is 127 cm³/mol. The lowest BCUT2D eigenvalue weighted by Gasteiger charge is -2.28. The van der Waals surface area contributed by atoms with Crippen LogP contribution in [0.25, 0.3) is 0 Å². The van der Waals surface area contributed by atoms with E-state index in [-0.39, 0.29) is 39.4 Å². The zero-order valence-corrected chi connectivity index (χ0v) is 21.6. The standard InChI is InChI=1S/C16H36N4O6P2S2/c1-5-27(25,6-2)29-17-15(23)19(11-13-21)9-10-20(12-14-22)16(24)18-30-28(26,7-3)8-4/h21-22H,5-14H2,1-4H3,(H,17,23)(H,18,24). The van der Waals surface area contributed by atoms with Crippen LogP contribution >= 0.6 is 35.8 Å². The molecular formula is C16H36N4O6P2S2. The monoisotopic (exact) mass is 506 g/mol. The number of nitrogens with one attached hydrogen (secondary N) is 2. The molecule has 0 heterocycles. The van der Waals surface area contributed by atoms with Gasteiger partial charge in [0.05, 0.1) is 13.2 Å². The summed E-state index contributed by atoms with van der Waals surface area (Å²) in [7, 11) is 0. The van der Waals surface area contributed by atoms with Crippen LogP contribution in [0.1, 0.15) is 27.7 Å². The van der Waals surface area contributed by atoms with Gasteiger partial charge in [0.15, 0.2) is 12.7 Å². The lowest BCUT2D eigenvalue weighted by Crippen LogP contribution is -2.47. The molecule has 0 aliphatic rings. The molecule has 0 aliphatic heterocycles. The average Bonchev–Trinajstić information content (AvgIpc) is 2.77. The van der Waals surface area contributed by atoms with Gasteiger partial charge < -0.3 is 29.1 Å². The van der Waals surface area contributed by atoms with Crippen molar-refractivity contribution in [2.45, 2.75) is 27.7 Å². The van der Waals surface area contributed by atoms with E-state index in [1.165, 1.54) is 9.80 Å². The number of rotatable bonds is 15. The van der Waals surface area contributed by atoms with Crippen molar-refractivity contribution in [1.82, 2.24) is 19.2 Å². The highest BCUT2D eigenvalue weighted by molar-refractivity contribution is 8.57. The Morgan fingerprint density at radius 1 is 0.700 bits per heavy atom. The first-order valence-corrected chi connectivity index (χ1v) is 17.0. The third-order valence-corrected chi connectivity index (χ3v) is 15.2. The number of carbonyl (C=O) groups is 2. The lowest BCUT2D eigenvalue weighted by atomic mass is 10.4. The Bertz CT molecular complexity index is 561. The highest BCUT2D eigenvalue weighted by Crippen LogP contribution is 2.56. The van der Waals surface area contributed by atoms with Gasteiger partial charge in [-0.25, -0.2) is 9.59 Å². The van der Waals surface area contributed by atoms with E-state index in [1.54, 1.807) is 27.7 Å². The number of amides is 4. The summed E-state index contributed by atoms with van der Waals surface area (Å²) in [6.45, 7) is 6.95. The number of nitrogens with zero attached hydrogens (tertiary/aromatic N) is 2. The predicted octanol–water partition coefficient (Wildman–Crippen LogP) is 2.93. The summed E-state index contributed by atoms with van der Waals surface area (Å²) < 4.78 is 30.0. The zero-order chi connectivity index (χ0) is 23.2. The third kappa shape index (κ3) is 10.8. The van der Waals surface area contributed by atoms with Crippen LogP contribution in [0.15, 0.2) is 0 Å². The van der Waals surface area contributed by atoms with Crippen LogP contribution in [0.2, 0.25) is 0 Å². The van der Waals surface area contributed by atoms with Crippen molar-refractivity contribution in [2.24, 2.45) is 0 Å². The molecule has 0 radical (unpaired) electrons. The van der Waals surface area contributed by atoms with Gasteiger partial charge in [0.25, 0.3) is 0 Å². The van der Waals surface area contributed by atoms with Gasteiger partial charge in [-0.1, -0.05) is 27.7 Å². The van der Waals surface area contributed by atoms with Gasteiger partial charge in [0.2, 0.25) is 0 Å². The van der Waals surface area contributed by atoms with Crippen LogP contribution in [0.4, 0.5) is 9.59 Å². The van der Waals surface area contributed by atoms with Crippen molar-refractivity contribution in [3.05, 3.63) is 0 Å². The zero-order valence-electron chi connectivity index (χ0n) is 18.2. The number of hydrogen-bond acceptors (Lipinski definition) is 8. The SMILES string of the molecule is CCP(=O)(CC)SNC(=O)N(CCO)CCN(CCO)C(=O)NSP(=O)(CC)CC. The summed E-state index contributed by atoms with van der Waals surface area (Å²) in [6, 6.07) is -1.01. The Morgan fingerprint density at radius 3 is 1.23 bits per heavy atom. The van der Waals surface area contributed by atoms with E-state index >= 15 is 0 Å². The molecule has 0 saturated heterocycles. The fourth-order valence-corrected chi connectivity index (χ4v) is 7.37. The van der Waals surface area contributed by atoms with Crippen LogP contribution in [-0.2, 0) is 9.13 Å². The second-order valence-electron chi connectivity index (χ2n) is 6.31. The summed E-state index contributed by atoms with van der Waals surface area (Å²) in [4.78, 5) is 27.5. The van der Waals surface area contributed by atoms with Crippen molar-refractivity contribution in [3.8, 4) is 0 Å². The van der Waals surface area contributed by atoms with E-state index < -0.39 is 24.7 Å². The molecule has 0 aromatic carbocycles. The molecule has 0 fully saturated rings. The number of carbonyl (C=O) groups excluding carboxylic acids is 2. The molecular weight excluding hydrogens is 470 g/mol. The molecule has 0 bridgehead atoms. The van der Waals surface area contributed by atoms with Gasteiger partial charge in [0, 0.05) is 74.0 Å². The van der Waals surface area contributed by atoms with Gasteiger partial charge in [-0.05, 0) is 0 Å². The Balaban J connectivity index is 4.93. The van der Waals surface area contributed by atoms with E-state index in [0.717, 1.165) is 23.1 Å². The Kier molecular flexibility index (Phi) is 15.2. The quantitative estimate of drug-likeness (QED) is 0.196. The van der Waals surface area contributed by atoms with Crippen LogP contribution in [-0.4, -0.2) is 96.1 Å². The van der Waals surface area contributed by atoms with Crippen molar-refractivity contribution < 1.29 is 28.9 Å². The first-order valence-electron chi connectivity index (χ1n) is 9.98. The number of urea groups is 2. The normalized spacial score (nSPS) is 11.8. The molecule has 0 aromatic rings. The molecule has 4 amide bonds. The fraction of sp³-hybridized carbons (Fsp3) is 0.875. The first-order chi connectivity index (χ1) is 14.1. The molecule has 4 N–H and O–H groups in total. The summed E-state index contributed by atoms with van der Waals surface area (Å²) in [6.07, 6.45) is -3.24. The minimum Gasteiger partial charge on any atom is -0.395 e. The van der Waals surface area contributed by atoms with Gasteiger partial charge in [0.1, 0.15) is 0 Å². The average molecular weight is 507 g/mol. The maximum atomic E-state index is 12.4. The van der Waals surface area contributed by atoms with Crippen molar-refractivity contribution in [1.29, 1.82) is 0 Å². The van der Waals surface area contributed by atoms with Gasteiger partial charge in [-0.2, -0.15) is 0 Å². The largest absolute Gasteiger partial charge is 0.395 e. The van der Waals surface area contributed by atoms with Crippen LogP contribution in [0.5, 0.6) is 0 Å².